The number of fused-ring (bicyclic) bond motifs is 3. The lowest BCUT2D eigenvalue weighted by atomic mass is 10.0. The number of carbonyl (C=O) groups is 1. The highest BCUT2D eigenvalue weighted by molar-refractivity contribution is 6.07. The van der Waals surface area contributed by atoms with Gasteiger partial charge in [-0.1, -0.05) is 42.5 Å². The number of ether oxygens (including phenoxy) is 1. The monoisotopic (exact) mass is 472 g/mol. The van der Waals surface area contributed by atoms with Gasteiger partial charge in [0.05, 0.1) is 4.92 Å². The van der Waals surface area contributed by atoms with Gasteiger partial charge in [0, 0.05) is 24.2 Å². The number of alkyl halides is 3. The molecule has 7 nitrogen and oxygen atoms in total. The molecule has 0 aromatic heterocycles. The number of nitro benzene ring substituents is 1. The Bertz CT molecular complexity index is 1260. The first-order chi connectivity index (χ1) is 16.1. The maximum atomic E-state index is 11.3. The van der Waals surface area contributed by atoms with Crippen molar-refractivity contribution in [3.8, 4) is 16.9 Å². The van der Waals surface area contributed by atoms with Gasteiger partial charge >= 0.3 is 12.1 Å². The van der Waals surface area contributed by atoms with E-state index in [9.17, 15) is 23.3 Å². The smallest absolute Gasteiger partial charge is 0.490 e. The largest absolute Gasteiger partial charge is 0.492 e. The number of hydrogen-bond donors (Lipinski definition) is 2. The van der Waals surface area contributed by atoms with Gasteiger partial charge in [-0.3, -0.25) is 10.1 Å². The van der Waals surface area contributed by atoms with Crippen LogP contribution >= 0.6 is 0 Å². The van der Waals surface area contributed by atoms with Gasteiger partial charge in [-0.25, -0.2) is 4.79 Å². The Morgan fingerprint density at radius 1 is 1.00 bits per heavy atom. The fraction of sp³-hybridized carbons (Fsp3) is 0.125. The van der Waals surface area contributed by atoms with Gasteiger partial charge in [-0.05, 0) is 46.0 Å². The Hall–Kier alpha value is -4.18. The van der Waals surface area contributed by atoms with Gasteiger partial charge in [-0.2, -0.15) is 13.2 Å². The Morgan fingerprint density at radius 2 is 1.59 bits per heavy atom. The molecule has 0 atom stereocenters. The predicted molar refractivity (Wildman–Crippen MR) is 120 cm³/mol. The van der Waals surface area contributed by atoms with Gasteiger partial charge in [-0.15, -0.1) is 0 Å². The van der Waals surface area contributed by atoms with Crippen LogP contribution in [0.25, 0.3) is 22.8 Å². The number of nitro groups is 1. The summed E-state index contributed by atoms with van der Waals surface area (Å²) in [6.07, 6.45) is -3.06. The standard InChI is InChI=1S/C22H18N2O3.C2HF3O2/c23-11-12-27-22-8-4-1-5-15(22)13-20-18-7-3-2-6-17(18)19-10-9-16(24(25)26)14-21(19)20;3-2(4,5)1(6)7/h1-10,13-14H,11-12,23H2;(H,6,7)/b20-13+;. The Morgan fingerprint density at radius 3 is 2.21 bits per heavy atom. The van der Waals surface area contributed by atoms with E-state index in [2.05, 4.69) is 0 Å². The zero-order chi connectivity index (χ0) is 24.9. The molecule has 0 saturated heterocycles. The Balaban J connectivity index is 0.000000406. The molecule has 0 spiro atoms. The van der Waals surface area contributed by atoms with E-state index < -0.39 is 12.1 Å². The zero-order valence-corrected chi connectivity index (χ0v) is 17.6. The molecule has 0 fully saturated rings. The number of carboxylic acids is 1. The summed E-state index contributed by atoms with van der Waals surface area (Å²) in [5, 5.41) is 18.4. The lowest BCUT2D eigenvalue weighted by Gasteiger charge is -2.09. The third kappa shape index (κ3) is 5.41. The molecule has 0 aliphatic heterocycles. The normalized spacial score (nSPS) is 12.9. The van der Waals surface area contributed by atoms with Crippen LogP contribution in [-0.4, -0.2) is 35.3 Å². The van der Waals surface area contributed by atoms with Crippen LogP contribution in [0.5, 0.6) is 5.75 Å². The number of rotatable bonds is 5. The minimum atomic E-state index is -5.08. The van der Waals surface area contributed by atoms with E-state index >= 15 is 0 Å². The van der Waals surface area contributed by atoms with Crippen molar-refractivity contribution < 1.29 is 32.7 Å². The van der Waals surface area contributed by atoms with Crippen molar-refractivity contribution in [2.45, 2.75) is 6.18 Å². The van der Waals surface area contributed by atoms with Crippen molar-refractivity contribution in [1.29, 1.82) is 0 Å². The molecule has 0 amide bonds. The molecule has 0 heterocycles. The summed E-state index contributed by atoms with van der Waals surface area (Å²) in [7, 11) is 0. The summed E-state index contributed by atoms with van der Waals surface area (Å²) in [5.41, 5.74) is 11.5. The number of non-ortho nitro benzene ring substituents is 1. The molecule has 176 valence electrons. The molecule has 0 unspecified atom stereocenters. The third-order valence-electron chi connectivity index (χ3n) is 4.85. The van der Waals surface area contributed by atoms with E-state index in [-0.39, 0.29) is 10.6 Å². The van der Waals surface area contributed by atoms with Gasteiger partial charge in [0.15, 0.2) is 0 Å². The van der Waals surface area contributed by atoms with Gasteiger partial charge < -0.3 is 15.6 Å². The average molecular weight is 472 g/mol. The minimum absolute atomic E-state index is 0.0834. The van der Waals surface area contributed by atoms with Crippen LogP contribution in [0.3, 0.4) is 0 Å². The number of benzene rings is 3. The third-order valence-corrected chi connectivity index (χ3v) is 4.85. The van der Waals surface area contributed by atoms with Crippen molar-refractivity contribution in [3.05, 3.63) is 93.5 Å². The van der Waals surface area contributed by atoms with Crippen molar-refractivity contribution >= 4 is 23.3 Å². The topological polar surface area (TPSA) is 116 Å². The summed E-state index contributed by atoms with van der Waals surface area (Å²) < 4.78 is 37.5. The first-order valence-electron chi connectivity index (χ1n) is 9.95. The highest BCUT2D eigenvalue weighted by Gasteiger charge is 2.38. The van der Waals surface area contributed by atoms with E-state index in [4.69, 9.17) is 20.4 Å². The lowest BCUT2D eigenvalue weighted by Crippen LogP contribution is -2.21. The first kappa shape index (κ1) is 24.5. The van der Waals surface area contributed by atoms with E-state index in [1.165, 1.54) is 0 Å². The van der Waals surface area contributed by atoms with Crippen LogP contribution in [0, 0.1) is 10.1 Å². The van der Waals surface area contributed by atoms with Crippen LogP contribution in [0.1, 0.15) is 16.7 Å². The lowest BCUT2D eigenvalue weighted by molar-refractivity contribution is -0.384. The number of nitrogens with zero attached hydrogens (tertiary/aromatic N) is 1. The van der Waals surface area contributed by atoms with Crippen molar-refractivity contribution in [2.24, 2.45) is 5.73 Å². The molecule has 10 heteroatoms. The second-order valence-electron chi connectivity index (χ2n) is 7.07. The van der Waals surface area contributed by atoms with Crippen LogP contribution in [0.2, 0.25) is 0 Å². The van der Waals surface area contributed by atoms with E-state index in [0.717, 1.165) is 39.1 Å². The maximum absolute atomic E-state index is 11.3. The van der Waals surface area contributed by atoms with Crippen LogP contribution < -0.4 is 10.5 Å². The zero-order valence-electron chi connectivity index (χ0n) is 17.6. The first-order valence-corrected chi connectivity index (χ1v) is 9.95. The quantitative estimate of drug-likeness (QED) is 0.307. The molecule has 3 aromatic carbocycles. The van der Waals surface area contributed by atoms with Crippen molar-refractivity contribution in [3.63, 3.8) is 0 Å². The number of hydrogen-bond acceptors (Lipinski definition) is 5. The molecule has 1 aliphatic rings. The number of para-hydroxylation sites is 1. The van der Waals surface area contributed by atoms with E-state index in [0.29, 0.717) is 13.2 Å². The SMILES string of the molecule is NCCOc1ccccc1/C=C1\c2ccccc2-c2ccc([N+](=O)[O-])cc21.O=C(O)C(F)(F)F. The van der Waals surface area contributed by atoms with Gasteiger partial charge in [0.1, 0.15) is 12.4 Å². The molecule has 0 saturated carbocycles. The number of carboxylic acid groups (broad SMARTS) is 1. The summed E-state index contributed by atoms with van der Waals surface area (Å²) in [6.45, 7) is 0.863. The van der Waals surface area contributed by atoms with Crippen molar-refractivity contribution in [2.75, 3.05) is 13.2 Å². The minimum Gasteiger partial charge on any atom is -0.492 e. The average Bonchev–Trinajstić information content (AvgIpc) is 3.11. The second-order valence-corrected chi connectivity index (χ2v) is 7.07. The molecular weight excluding hydrogens is 453 g/mol. The molecular formula is C24H19F3N2O5. The maximum Gasteiger partial charge on any atom is 0.490 e. The molecule has 0 bridgehead atoms. The molecule has 1 aliphatic carbocycles. The van der Waals surface area contributed by atoms with Crippen molar-refractivity contribution in [1.82, 2.24) is 0 Å². The van der Waals surface area contributed by atoms with Crippen LogP contribution in [0.15, 0.2) is 66.7 Å². The summed E-state index contributed by atoms with van der Waals surface area (Å²) in [6, 6.07) is 20.8. The fourth-order valence-electron chi connectivity index (χ4n) is 3.41. The highest BCUT2D eigenvalue weighted by Crippen LogP contribution is 2.46. The van der Waals surface area contributed by atoms with E-state index in [1.54, 1.807) is 12.1 Å². The molecule has 0 radical (unpaired) electrons. The van der Waals surface area contributed by atoms with Gasteiger partial charge in [0.25, 0.3) is 5.69 Å². The second kappa shape index (κ2) is 10.2. The summed E-state index contributed by atoms with van der Waals surface area (Å²) >= 11 is 0. The number of aliphatic carboxylic acids is 1. The summed E-state index contributed by atoms with van der Waals surface area (Å²) in [5.74, 6) is -2.01. The Labute approximate surface area is 192 Å². The molecule has 3 N–H and O–H groups in total. The summed E-state index contributed by atoms with van der Waals surface area (Å²) in [4.78, 5) is 19.8. The van der Waals surface area contributed by atoms with Crippen LogP contribution in [0.4, 0.5) is 18.9 Å². The Kier molecular flexibility index (Phi) is 7.32. The fourth-order valence-corrected chi connectivity index (χ4v) is 3.41. The molecule has 4 rings (SSSR count). The number of halogens is 3. The van der Waals surface area contributed by atoms with E-state index in [1.807, 2.05) is 60.7 Å². The van der Waals surface area contributed by atoms with Gasteiger partial charge in [0.2, 0.25) is 0 Å². The molecule has 3 aromatic rings. The highest BCUT2D eigenvalue weighted by atomic mass is 19.4. The predicted octanol–water partition coefficient (Wildman–Crippen LogP) is 5.13. The van der Waals surface area contributed by atoms with Crippen LogP contribution in [-0.2, 0) is 4.79 Å². The number of nitrogens with two attached hydrogens (primary N) is 1. The molecule has 34 heavy (non-hydrogen) atoms.